The molecule has 2 heterocycles. The monoisotopic (exact) mass is 948 g/mol. The number of ether oxygens (including phenoxy) is 2. The molecule has 2 aliphatic rings. The Labute approximate surface area is 352 Å². The maximum absolute atomic E-state index is 12.5. The van der Waals surface area contributed by atoms with Crippen molar-refractivity contribution in [3.8, 4) is 0 Å². The molecular weight excluding hydrogens is 924 g/mol. The van der Waals surface area contributed by atoms with E-state index in [1.807, 2.05) is 0 Å². The van der Waals surface area contributed by atoms with Crippen molar-refractivity contribution in [3.05, 3.63) is 141 Å². The summed E-state index contributed by atoms with van der Waals surface area (Å²) in [5, 5.41) is 40.1. The van der Waals surface area contributed by atoms with Crippen LogP contribution in [0.4, 0.5) is 52.7 Å². The van der Waals surface area contributed by atoms with Crippen molar-refractivity contribution in [2.75, 3.05) is 26.4 Å². The summed E-state index contributed by atoms with van der Waals surface area (Å²) in [6.07, 6.45) is 5.11. The molecule has 2 fully saturated rings. The number of rotatable bonds is 4. The van der Waals surface area contributed by atoms with Crippen LogP contribution >= 0.6 is 0 Å². The maximum atomic E-state index is 12.5. The van der Waals surface area contributed by atoms with Gasteiger partial charge in [0.05, 0.1) is 46.1 Å². The molecule has 2 aliphatic heterocycles. The van der Waals surface area contributed by atoms with Crippen molar-refractivity contribution in [2.45, 2.75) is 25.7 Å². The van der Waals surface area contributed by atoms with Gasteiger partial charge in [-0.1, -0.05) is 0 Å². The summed E-state index contributed by atoms with van der Waals surface area (Å²) < 4.78 is 159. The van der Waals surface area contributed by atoms with Crippen molar-refractivity contribution in [1.29, 1.82) is 0 Å². The van der Waals surface area contributed by atoms with E-state index < -0.39 is 116 Å². The van der Waals surface area contributed by atoms with E-state index in [0.717, 1.165) is 26.4 Å². The molecule has 0 spiro atoms. The van der Waals surface area contributed by atoms with Crippen LogP contribution in [-0.2, 0) is 44.2 Å². The molecule has 0 atom stereocenters. The van der Waals surface area contributed by atoms with Gasteiger partial charge in [0.1, 0.15) is 23.3 Å². The Morgan fingerprint density at radius 3 is 0.583 bits per heavy atom. The third-order valence-electron chi connectivity index (χ3n) is 6.65. The zero-order valence-electron chi connectivity index (χ0n) is 29.7. The standard InChI is InChI=1S/4C7H3F3O2.2C4H8O.2Cr/c4*8-3-1-2-4(9)6(10)5(3)7(11)12;2*1-2-4-5-3-1;;/h4*1-2H,(H,11,12);2*1-4H2;;/q;;;;;;2*+2/p-4. The average molecular weight is 949 g/mol. The molecule has 60 heavy (non-hydrogen) atoms. The van der Waals surface area contributed by atoms with Gasteiger partial charge in [0.25, 0.3) is 0 Å². The van der Waals surface area contributed by atoms with Gasteiger partial charge in [0, 0.05) is 26.4 Å². The molecule has 0 aliphatic carbocycles. The quantitative estimate of drug-likeness (QED) is 0.218. The van der Waals surface area contributed by atoms with Crippen LogP contribution in [0.5, 0.6) is 0 Å². The first-order valence-corrected chi connectivity index (χ1v) is 15.7. The Hall–Kier alpha value is -5.10. The summed E-state index contributed by atoms with van der Waals surface area (Å²) in [7, 11) is 0. The van der Waals surface area contributed by atoms with Crippen LogP contribution in [0.15, 0.2) is 48.5 Å². The number of carbonyl (C=O) groups excluding carboxylic acids is 4. The van der Waals surface area contributed by atoms with Crippen LogP contribution in [0.2, 0.25) is 0 Å². The third kappa shape index (κ3) is 18.0. The number of halogens is 12. The van der Waals surface area contributed by atoms with Gasteiger partial charge in [-0.05, 0) is 74.2 Å². The van der Waals surface area contributed by atoms with Gasteiger partial charge in [0.2, 0.25) is 0 Å². The molecule has 4 aromatic carbocycles. The first-order valence-electron chi connectivity index (χ1n) is 15.7. The number of hydrogen-bond donors (Lipinski definition) is 0. The van der Waals surface area contributed by atoms with E-state index in [-0.39, 0.29) is 34.7 Å². The van der Waals surface area contributed by atoms with Gasteiger partial charge in [-0.3, -0.25) is 0 Å². The molecular formula is C36H24Cr2F12O10. The number of benzene rings is 4. The van der Waals surface area contributed by atoms with Crippen LogP contribution in [0.3, 0.4) is 0 Å². The second-order valence-electron chi connectivity index (χ2n) is 10.7. The molecule has 4 aromatic rings. The molecule has 0 radical (unpaired) electrons. The molecule has 0 aromatic heterocycles. The van der Waals surface area contributed by atoms with Crippen molar-refractivity contribution < 1.29 is 136 Å². The van der Waals surface area contributed by atoms with Crippen molar-refractivity contribution in [1.82, 2.24) is 0 Å². The summed E-state index contributed by atoms with van der Waals surface area (Å²) >= 11 is 0. The first kappa shape index (κ1) is 57.0. The van der Waals surface area contributed by atoms with Crippen LogP contribution in [0, 0.1) is 69.8 Å². The van der Waals surface area contributed by atoms with Crippen LogP contribution in [0.1, 0.15) is 67.1 Å². The van der Waals surface area contributed by atoms with Gasteiger partial charge in [-0.2, -0.15) is 0 Å². The molecule has 0 N–H and O–H groups in total. The Morgan fingerprint density at radius 2 is 0.483 bits per heavy atom. The molecule has 24 heteroatoms. The topological polar surface area (TPSA) is 179 Å². The second-order valence-corrected chi connectivity index (χ2v) is 10.7. The van der Waals surface area contributed by atoms with Crippen LogP contribution in [0.25, 0.3) is 0 Å². The summed E-state index contributed by atoms with van der Waals surface area (Å²) in [5.41, 5.74) is -5.52. The smallest absolute Gasteiger partial charge is 0.545 e. The number of hydrogen-bond acceptors (Lipinski definition) is 10. The van der Waals surface area contributed by atoms with E-state index in [2.05, 4.69) is 0 Å². The first-order chi connectivity index (χ1) is 27.1. The van der Waals surface area contributed by atoms with Gasteiger partial charge in [-0.15, -0.1) is 0 Å². The number of aromatic carboxylic acids is 4. The fourth-order valence-electron chi connectivity index (χ4n) is 3.88. The van der Waals surface area contributed by atoms with Crippen molar-refractivity contribution in [3.63, 3.8) is 0 Å². The fourth-order valence-corrected chi connectivity index (χ4v) is 3.88. The second kappa shape index (κ2) is 28.4. The normalized spacial score (nSPS) is 11.9. The zero-order valence-corrected chi connectivity index (χ0v) is 32.3. The fraction of sp³-hybridized carbons (Fsp3) is 0.222. The molecule has 324 valence electrons. The maximum Gasteiger partial charge on any atom is 2.00 e. The predicted octanol–water partition coefficient (Wildman–Crippen LogP) is 3.46. The van der Waals surface area contributed by atoms with Gasteiger partial charge >= 0.3 is 34.7 Å². The van der Waals surface area contributed by atoms with E-state index in [0.29, 0.717) is 48.5 Å². The van der Waals surface area contributed by atoms with Crippen LogP contribution < -0.4 is 20.4 Å². The van der Waals surface area contributed by atoms with Crippen LogP contribution in [-0.4, -0.2) is 50.3 Å². The van der Waals surface area contributed by atoms with E-state index in [9.17, 15) is 92.3 Å². The molecule has 0 unspecified atom stereocenters. The van der Waals surface area contributed by atoms with E-state index >= 15 is 0 Å². The predicted molar refractivity (Wildman–Crippen MR) is 163 cm³/mol. The van der Waals surface area contributed by atoms with Gasteiger partial charge in [-0.25, -0.2) is 52.7 Å². The molecule has 0 bridgehead atoms. The Morgan fingerprint density at radius 1 is 0.333 bits per heavy atom. The number of carboxylic acid groups (broad SMARTS) is 4. The molecule has 10 nitrogen and oxygen atoms in total. The van der Waals surface area contributed by atoms with Gasteiger partial charge < -0.3 is 49.1 Å². The minimum atomic E-state index is -2.08. The Kier molecular flexibility index (Phi) is 27.0. The van der Waals surface area contributed by atoms with E-state index in [1.54, 1.807) is 0 Å². The molecule has 0 saturated carbocycles. The average Bonchev–Trinajstić information content (AvgIpc) is 3.93. The number of carboxylic acids is 4. The Balaban J connectivity index is 0. The SMILES string of the molecule is C1CCOC1.C1CCOC1.O=C([O-])c1c(F)ccc(F)c1F.O=C([O-])c1c(F)ccc(F)c1F.O=C([O-])c1c(F)ccc(F)c1F.O=C([O-])c1c(F)ccc(F)c1F.[Cr+2].[Cr+2]. The largest absolute Gasteiger partial charge is 2.00 e. The van der Waals surface area contributed by atoms with E-state index in [1.165, 1.54) is 25.7 Å². The summed E-state index contributed by atoms with van der Waals surface area (Å²) in [6, 6.07) is 4.06. The van der Waals surface area contributed by atoms with Crippen molar-refractivity contribution >= 4 is 23.9 Å². The minimum absolute atomic E-state index is 0. The van der Waals surface area contributed by atoms with E-state index in [4.69, 9.17) is 9.47 Å². The van der Waals surface area contributed by atoms with Gasteiger partial charge in [0.15, 0.2) is 46.5 Å². The zero-order chi connectivity index (χ0) is 44.3. The van der Waals surface area contributed by atoms with Crippen molar-refractivity contribution in [2.24, 2.45) is 0 Å². The summed E-state index contributed by atoms with van der Waals surface area (Å²) in [4.78, 5) is 40.1. The molecule has 6 rings (SSSR count). The minimum Gasteiger partial charge on any atom is -0.545 e. The number of carbonyl (C=O) groups is 4. The molecule has 2 saturated heterocycles. The summed E-state index contributed by atoms with van der Waals surface area (Å²) in [6.45, 7) is 4.00. The Bertz CT molecular complexity index is 1770. The summed E-state index contributed by atoms with van der Waals surface area (Å²) in [5.74, 6) is -26.4. The third-order valence-corrected chi connectivity index (χ3v) is 6.65. The molecule has 0 amide bonds.